The van der Waals surface area contributed by atoms with Crippen molar-refractivity contribution in [3.8, 4) is 11.5 Å². The Bertz CT molecular complexity index is 1020. The zero-order valence-electron chi connectivity index (χ0n) is 19.8. The topological polar surface area (TPSA) is 73.1 Å². The second-order valence-electron chi connectivity index (χ2n) is 9.91. The molecule has 6 nitrogen and oxygen atoms in total. The second kappa shape index (κ2) is 7.87. The number of methoxy groups -OCH3 is 1. The third-order valence-corrected chi connectivity index (χ3v) is 11.3. The number of aromatic hydroxyl groups is 1. The minimum atomic E-state index is -2.18. The van der Waals surface area contributed by atoms with Crippen molar-refractivity contribution in [2.45, 2.75) is 64.1 Å². The van der Waals surface area contributed by atoms with Gasteiger partial charge in [-0.2, -0.15) is 0 Å². The Morgan fingerprint density at radius 3 is 2.44 bits per heavy atom. The molecule has 0 radical (unpaired) electrons. The molecule has 0 saturated carbocycles. The average Bonchev–Trinajstić information content (AvgIpc) is 2.80. The van der Waals surface area contributed by atoms with E-state index in [-0.39, 0.29) is 28.5 Å². The monoisotopic (exact) mass is 706 g/mol. The minimum Gasteiger partial charge on any atom is -0.658 e. The van der Waals surface area contributed by atoms with Gasteiger partial charge in [0.15, 0.2) is 19.8 Å². The Morgan fingerprint density at radius 1 is 1.16 bits per heavy atom. The third kappa shape index (κ3) is 3.78. The van der Waals surface area contributed by atoms with Gasteiger partial charge in [-0.25, -0.2) is 0 Å². The number of phenolic OH excluding ortho intramolecular Hbond substituents is 1. The number of benzene rings is 2. The summed E-state index contributed by atoms with van der Waals surface area (Å²) in [6.45, 7) is 11.5. The Hall–Kier alpha value is -3.51. The summed E-state index contributed by atoms with van der Waals surface area (Å²) in [5, 5.41) is 15.3. The fourth-order valence-electron chi connectivity index (χ4n) is 3.98. The molecule has 2 aromatic rings. The van der Waals surface area contributed by atoms with Gasteiger partial charge in [0.2, 0.25) is 0 Å². The normalized spacial score (nSPS) is 20.2. The van der Waals surface area contributed by atoms with Crippen molar-refractivity contribution in [3.63, 3.8) is 0 Å². The van der Waals surface area contributed by atoms with E-state index in [2.05, 4.69) is 46.0 Å². The van der Waals surface area contributed by atoms with E-state index in [9.17, 15) is 9.90 Å². The number of hydrogen-bond acceptors (Lipinski definition) is 4. The molecule has 0 bridgehead atoms. The number of phenols is 1. The number of fused-ring (bicyclic) bond motifs is 3. The number of nitrogens with zero attached hydrogens (tertiary/aromatic N) is 2. The molecule has 32 heavy (non-hydrogen) atoms. The first-order chi connectivity index (χ1) is 14.5. The Labute approximate surface area is 185 Å². The number of amides is 1. The van der Waals surface area contributed by atoms with Gasteiger partial charge in [-0.15, -0.1) is 5.69 Å². The number of carbonyl (C=O) groups excluding carboxylic acids is 1. The standard InChI is InChI=1S/C24H32N2O4Si.Rf/c1-24(2,3)31(5,6)30-22-19-11-15-9-7-8-10-16(15)14-26(19)23(28)17-12-21(29-4)20(27)13-18(17)25-22;/h7-10,12-13,19,22H,11,14H2,1-6H3,(H2,25,27,28);/p-1/t19-,22?;/m0./s1. The fraction of sp³-hybridized carbons (Fsp3) is 0.458. The number of ether oxygens (including phenoxy) is 1. The van der Waals surface area contributed by atoms with Crippen molar-refractivity contribution in [2.75, 3.05) is 7.11 Å². The molecule has 2 aliphatic rings. The summed E-state index contributed by atoms with van der Waals surface area (Å²) >= 11 is 0. The van der Waals surface area contributed by atoms with Crippen LogP contribution in [-0.4, -0.2) is 43.6 Å². The van der Waals surface area contributed by atoms with E-state index in [1.165, 1.54) is 18.7 Å². The molecule has 2 aliphatic heterocycles. The maximum absolute atomic E-state index is 13.7. The van der Waals surface area contributed by atoms with E-state index >= 15 is 0 Å². The molecule has 0 saturated heterocycles. The van der Waals surface area contributed by atoms with Gasteiger partial charge in [0.1, 0.15) is 0 Å². The summed E-state index contributed by atoms with van der Waals surface area (Å²) in [4.78, 5) is 15.5. The van der Waals surface area contributed by atoms with Crippen molar-refractivity contribution in [1.82, 2.24) is 4.90 Å². The zero-order valence-corrected chi connectivity index (χ0v) is 27.2. The Morgan fingerprint density at radius 2 is 1.81 bits per heavy atom. The smallest absolute Gasteiger partial charge is 0.253 e. The van der Waals surface area contributed by atoms with Gasteiger partial charge in [0, 0.05) is 18.2 Å². The van der Waals surface area contributed by atoms with Gasteiger partial charge in [0.05, 0.1) is 7.11 Å². The van der Waals surface area contributed by atoms with Crippen molar-refractivity contribution in [3.05, 3.63) is 58.4 Å². The molecule has 0 aliphatic carbocycles. The molecule has 1 amide bonds. The first-order valence-electron chi connectivity index (χ1n) is 10.7. The summed E-state index contributed by atoms with van der Waals surface area (Å²) in [6, 6.07) is 11.1. The largest absolute Gasteiger partial charge is 0.658 e. The maximum atomic E-state index is 13.7. The second-order valence-corrected chi connectivity index (χ2v) is 14.7. The first kappa shape index (κ1) is 23.2. The maximum Gasteiger partial charge on any atom is 0.253 e. The van der Waals surface area contributed by atoms with E-state index in [1.807, 2.05) is 17.0 Å². The molecule has 2 atom stereocenters. The molecule has 8 heteroatoms. The van der Waals surface area contributed by atoms with Gasteiger partial charge in [-0.1, -0.05) is 45.0 Å². The van der Waals surface area contributed by atoms with Gasteiger partial charge >= 0.3 is 0 Å². The summed E-state index contributed by atoms with van der Waals surface area (Å²) < 4.78 is 12.0. The van der Waals surface area contributed by atoms with Crippen LogP contribution in [0.4, 0.5) is 5.69 Å². The summed E-state index contributed by atoms with van der Waals surface area (Å²) in [7, 11) is -0.701. The minimum absolute atomic E-state index is 0. The predicted molar refractivity (Wildman–Crippen MR) is 124 cm³/mol. The van der Waals surface area contributed by atoms with E-state index in [1.54, 1.807) is 6.07 Å². The molecule has 168 valence electrons. The third-order valence-electron chi connectivity index (χ3n) is 6.89. The van der Waals surface area contributed by atoms with Gasteiger partial charge in [0.25, 0.3) is 5.91 Å². The molecule has 2 aromatic carbocycles. The van der Waals surface area contributed by atoms with Crippen LogP contribution in [0.25, 0.3) is 5.32 Å². The Balaban J connectivity index is 0.00000289. The van der Waals surface area contributed by atoms with E-state index in [0.29, 0.717) is 24.2 Å². The van der Waals surface area contributed by atoms with E-state index in [4.69, 9.17) is 14.5 Å². The summed E-state index contributed by atoms with van der Waals surface area (Å²) in [6.07, 6.45) is 0.175. The van der Waals surface area contributed by atoms with E-state index in [0.717, 1.165) is 5.56 Å². The number of hydrogen-bond donors (Lipinski definition) is 1. The fourth-order valence-corrected chi connectivity index (χ4v) is 5.15. The van der Waals surface area contributed by atoms with Gasteiger partial charge < -0.3 is 24.5 Å². The van der Waals surface area contributed by atoms with E-state index < -0.39 is 14.5 Å². The van der Waals surface area contributed by atoms with Crippen molar-refractivity contribution >= 4 is 19.9 Å². The van der Waals surface area contributed by atoms with Crippen molar-refractivity contribution in [1.29, 1.82) is 0 Å². The molecular weight excluding hydrogens is 675 g/mol. The van der Waals surface area contributed by atoms with Crippen LogP contribution in [-0.2, 0) is 17.4 Å². The van der Waals surface area contributed by atoms with Crippen molar-refractivity contribution in [2.24, 2.45) is 0 Å². The molecular formula is C24H31N2O4RfSi-. The molecule has 4 rings (SSSR count). The quantitative estimate of drug-likeness (QED) is 0.439. The molecule has 1 unspecified atom stereocenters. The zero-order chi connectivity index (χ0) is 22.6. The van der Waals surface area contributed by atoms with Crippen LogP contribution in [0.3, 0.4) is 0 Å². The van der Waals surface area contributed by atoms with Crippen LogP contribution >= 0.6 is 0 Å². The molecule has 2 heterocycles. The van der Waals surface area contributed by atoms with Gasteiger partial charge in [-0.05, 0) is 54.0 Å². The van der Waals surface area contributed by atoms with Crippen LogP contribution in [0.1, 0.15) is 42.3 Å². The Kier molecular flexibility index (Phi) is 5.70. The van der Waals surface area contributed by atoms with Crippen LogP contribution in [0.2, 0.25) is 18.1 Å². The number of carbonyl (C=O) groups is 1. The SMILES string of the molecule is COc1cc2c(cc1O)[N-]C(O[Si](C)(C)C(C)(C)C)[C@@H]1Cc3ccccc3CN1C2=O.[Rf]. The summed E-state index contributed by atoms with van der Waals surface area (Å²) in [5.41, 5.74) is 3.25. The predicted octanol–water partition coefficient (Wildman–Crippen LogP) is 5.33. The van der Waals surface area contributed by atoms with Crippen LogP contribution < -0.4 is 4.74 Å². The molecule has 1 N–H and O–H groups in total. The van der Waals surface area contributed by atoms with Crippen LogP contribution in [0.15, 0.2) is 36.4 Å². The van der Waals surface area contributed by atoms with Crippen LogP contribution in [0.5, 0.6) is 11.5 Å². The molecule has 0 aromatic heterocycles. The molecule has 0 spiro atoms. The first-order valence-corrected chi connectivity index (χ1v) is 13.6. The van der Waals surface area contributed by atoms with Crippen LogP contribution in [0, 0.1) is 0 Å². The summed E-state index contributed by atoms with van der Waals surface area (Å²) in [5.74, 6) is 0.116. The average molecular weight is 707 g/mol. The van der Waals surface area contributed by atoms with Gasteiger partial charge in [-0.3, -0.25) is 4.79 Å². The van der Waals surface area contributed by atoms with Crippen molar-refractivity contribution < 1.29 is 19.1 Å². The molecule has 0 fully saturated rings. The number of rotatable bonds is 3.